The van der Waals surface area contributed by atoms with Crippen LogP contribution in [-0.2, 0) is 4.74 Å². The van der Waals surface area contributed by atoms with E-state index in [9.17, 15) is 4.79 Å². The minimum atomic E-state index is -0.197. The van der Waals surface area contributed by atoms with Gasteiger partial charge in [-0.15, -0.1) is 0 Å². The number of benzene rings is 1. The molecule has 1 amide bonds. The van der Waals surface area contributed by atoms with Crippen molar-refractivity contribution in [3.63, 3.8) is 0 Å². The van der Waals surface area contributed by atoms with E-state index in [-0.39, 0.29) is 12.0 Å². The first-order valence-corrected chi connectivity index (χ1v) is 9.28. The van der Waals surface area contributed by atoms with Gasteiger partial charge in [-0.05, 0) is 25.1 Å². The van der Waals surface area contributed by atoms with Crippen LogP contribution in [0, 0.1) is 12.8 Å². The summed E-state index contributed by atoms with van der Waals surface area (Å²) < 4.78 is 16.8. The summed E-state index contributed by atoms with van der Waals surface area (Å²) in [6.45, 7) is 10.7. The van der Waals surface area contributed by atoms with Crippen molar-refractivity contribution in [1.29, 1.82) is 0 Å². The van der Waals surface area contributed by atoms with Crippen molar-refractivity contribution >= 4 is 16.9 Å². The van der Waals surface area contributed by atoms with E-state index in [0.29, 0.717) is 23.8 Å². The summed E-state index contributed by atoms with van der Waals surface area (Å²) in [5.41, 5.74) is 1.52. The van der Waals surface area contributed by atoms with Gasteiger partial charge in [0.15, 0.2) is 5.76 Å². The fourth-order valence-electron chi connectivity index (χ4n) is 3.58. The van der Waals surface area contributed by atoms with E-state index in [1.165, 1.54) is 4.90 Å². The molecule has 1 saturated heterocycles. The van der Waals surface area contributed by atoms with E-state index >= 15 is 0 Å². The van der Waals surface area contributed by atoms with Crippen LogP contribution in [0.15, 0.2) is 22.6 Å². The van der Waals surface area contributed by atoms with Gasteiger partial charge in [-0.2, -0.15) is 0 Å². The Morgan fingerprint density at radius 1 is 1.42 bits per heavy atom. The molecule has 0 aliphatic carbocycles. The lowest BCUT2D eigenvalue weighted by Gasteiger charge is -2.31. The molecule has 0 bridgehead atoms. The maximum atomic E-state index is 12.6. The molecular formula is C20H29N2O4+. The summed E-state index contributed by atoms with van der Waals surface area (Å²) in [6, 6.07) is 5.55. The third-order valence-corrected chi connectivity index (χ3v) is 4.86. The van der Waals surface area contributed by atoms with E-state index in [0.717, 1.165) is 42.9 Å². The molecule has 6 nitrogen and oxygen atoms in total. The number of nitrogens with one attached hydrogen (secondary N) is 2. The SMILES string of the molecule is COc1ccc2oc(C(=O)NC[C@@H]3C[NH+](CC(C)C)CCO3)c(C)c2c1. The van der Waals surface area contributed by atoms with Crippen LogP contribution in [0.25, 0.3) is 11.0 Å². The molecule has 6 heteroatoms. The molecule has 1 aliphatic rings. The van der Waals surface area contributed by atoms with Gasteiger partial charge in [0.05, 0.1) is 20.3 Å². The second-order valence-corrected chi connectivity index (χ2v) is 7.42. The number of methoxy groups -OCH3 is 1. The van der Waals surface area contributed by atoms with Gasteiger partial charge in [-0.1, -0.05) is 13.8 Å². The van der Waals surface area contributed by atoms with Crippen LogP contribution in [0.1, 0.15) is 30.0 Å². The maximum absolute atomic E-state index is 12.6. The first-order valence-electron chi connectivity index (χ1n) is 9.28. The Balaban J connectivity index is 1.63. The normalized spacial score (nSPS) is 20.5. The standard InChI is InChI=1S/C20H28N2O4/c1-13(2)11-22-7-8-25-16(12-22)10-21-20(23)19-14(3)17-9-15(24-4)5-6-18(17)26-19/h5-6,9,13,16H,7-8,10-12H2,1-4H3,(H,21,23)/p+1/t16-/m1/s1. The minimum Gasteiger partial charge on any atom is -0.497 e. The zero-order chi connectivity index (χ0) is 18.7. The second kappa shape index (κ2) is 8.10. The molecule has 1 unspecified atom stereocenters. The van der Waals surface area contributed by atoms with E-state index < -0.39 is 0 Å². The lowest BCUT2D eigenvalue weighted by atomic mass is 10.1. The number of amides is 1. The number of ether oxygens (including phenoxy) is 2. The smallest absolute Gasteiger partial charge is 0.287 e. The number of furan rings is 1. The van der Waals surface area contributed by atoms with Crippen molar-refractivity contribution in [3.05, 3.63) is 29.5 Å². The number of quaternary nitrogens is 1. The lowest BCUT2D eigenvalue weighted by Crippen LogP contribution is -3.15. The molecular weight excluding hydrogens is 332 g/mol. The zero-order valence-electron chi connectivity index (χ0n) is 16.1. The summed E-state index contributed by atoms with van der Waals surface area (Å²) in [4.78, 5) is 14.1. The molecule has 2 N–H and O–H groups in total. The van der Waals surface area contributed by atoms with Crippen molar-refractivity contribution in [2.45, 2.75) is 26.9 Å². The predicted molar refractivity (Wildman–Crippen MR) is 100.0 cm³/mol. The van der Waals surface area contributed by atoms with Crippen LogP contribution in [0.5, 0.6) is 5.75 Å². The molecule has 0 spiro atoms. The Morgan fingerprint density at radius 2 is 2.23 bits per heavy atom. The third kappa shape index (κ3) is 4.19. The van der Waals surface area contributed by atoms with Gasteiger partial charge < -0.3 is 24.1 Å². The Bertz CT molecular complexity index is 769. The Kier molecular flexibility index (Phi) is 5.84. The molecule has 142 valence electrons. The quantitative estimate of drug-likeness (QED) is 0.817. The van der Waals surface area contributed by atoms with Gasteiger partial charge in [-0.3, -0.25) is 4.79 Å². The Hall–Kier alpha value is -2.05. The summed E-state index contributed by atoms with van der Waals surface area (Å²) in [7, 11) is 1.62. The molecule has 3 rings (SSSR count). The zero-order valence-corrected chi connectivity index (χ0v) is 16.1. The number of aryl methyl sites for hydroxylation is 1. The van der Waals surface area contributed by atoms with Crippen molar-refractivity contribution in [3.8, 4) is 5.75 Å². The van der Waals surface area contributed by atoms with E-state index in [1.54, 1.807) is 7.11 Å². The van der Waals surface area contributed by atoms with Gasteiger partial charge in [0, 0.05) is 23.4 Å². The minimum absolute atomic E-state index is 0.0474. The molecule has 1 fully saturated rings. The average Bonchev–Trinajstić information content (AvgIpc) is 2.95. The first-order chi connectivity index (χ1) is 12.5. The van der Waals surface area contributed by atoms with E-state index in [2.05, 4.69) is 19.2 Å². The van der Waals surface area contributed by atoms with Crippen LogP contribution >= 0.6 is 0 Å². The summed E-state index contributed by atoms with van der Waals surface area (Å²) in [6.07, 6.45) is 0.0474. The van der Waals surface area contributed by atoms with Crippen molar-refractivity contribution in [2.24, 2.45) is 5.92 Å². The van der Waals surface area contributed by atoms with Gasteiger partial charge >= 0.3 is 0 Å². The number of fused-ring (bicyclic) bond motifs is 1. The maximum Gasteiger partial charge on any atom is 0.287 e. The second-order valence-electron chi connectivity index (χ2n) is 7.42. The van der Waals surface area contributed by atoms with Crippen LogP contribution in [0.2, 0.25) is 0 Å². The average molecular weight is 361 g/mol. The summed E-state index contributed by atoms with van der Waals surface area (Å²) >= 11 is 0. The Labute approximate surface area is 154 Å². The molecule has 2 aromatic rings. The van der Waals surface area contributed by atoms with Gasteiger partial charge in [0.2, 0.25) is 0 Å². The van der Waals surface area contributed by atoms with Gasteiger partial charge in [0.25, 0.3) is 5.91 Å². The molecule has 2 atom stereocenters. The highest BCUT2D eigenvalue weighted by Gasteiger charge is 2.26. The first kappa shape index (κ1) is 18.7. The monoisotopic (exact) mass is 361 g/mol. The number of carbonyl (C=O) groups excluding carboxylic acids is 1. The van der Waals surface area contributed by atoms with E-state index in [4.69, 9.17) is 13.9 Å². The highest BCUT2D eigenvalue weighted by molar-refractivity contribution is 5.99. The summed E-state index contributed by atoms with van der Waals surface area (Å²) in [5, 5.41) is 3.87. The number of rotatable bonds is 6. The molecule has 1 aromatic heterocycles. The highest BCUT2D eigenvalue weighted by Crippen LogP contribution is 2.28. The predicted octanol–water partition coefficient (Wildman–Crippen LogP) is 1.42. The largest absolute Gasteiger partial charge is 0.497 e. The number of hydrogen-bond donors (Lipinski definition) is 2. The number of morpholine rings is 1. The molecule has 1 aromatic carbocycles. The van der Waals surface area contributed by atoms with Crippen LogP contribution in [0.3, 0.4) is 0 Å². The fraction of sp³-hybridized carbons (Fsp3) is 0.550. The van der Waals surface area contributed by atoms with Crippen molar-refractivity contribution in [1.82, 2.24) is 5.32 Å². The van der Waals surface area contributed by atoms with Crippen LogP contribution in [-0.4, -0.2) is 51.9 Å². The number of carbonyl (C=O) groups is 1. The van der Waals surface area contributed by atoms with Crippen molar-refractivity contribution < 1.29 is 23.6 Å². The van der Waals surface area contributed by atoms with Gasteiger partial charge in [0.1, 0.15) is 30.5 Å². The van der Waals surface area contributed by atoms with E-state index in [1.807, 2.05) is 25.1 Å². The Morgan fingerprint density at radius 3 is 2.96 bits per heavy atom. The number of hydrogen-bond acceptors (Lipinski definition) is 4. The summed E-state index contributed by atoms with van der Waals surface area (Å²) in [5.74, 6) is 1.57. The molecule has 26 heavy (non-hydrogen) atoms. The molecule has 1 aliphatic heterocycles. The fourth-order valence-corrected chi connectivity index (χ4v) is 3.58. The van der Waals surface area contributed by atoms with Crippen LogP contribution in [0.4, 0.5) is 0 Å². The van der Waals surface area contributed by atoms with Crippen molar-refractivity contribution in [2.75, 3.05) is 39.9 Å². The molecule has 2 heterocycles. The molecule has 0 saturated carbocycles. The highest BCUT2D eigenvalue weighted by atomic mass is 16.5. The van der Waals surface area contributed by atoms with Crippen LogP contribution < -0.4 is 15.0 Å². The van der Waals surface area contributed by atoms with Gasteiger partial charge in [-0.25, -0.2) is 0 Å². The lowest BCUT2D eigenvalue weighted by molar-refractivity contribution is -0.914. The molecule has 0 radical (unpaired) electrons. The topological polar surface area (TPSA) is 65.1 Å². The third-order valence-electron chi connectivity index (χ3n) is 4.86.